The lowest BCUT2D eigenvalue weighted by molar-refractivity contribution is 0.602. The van der Waals surface area contributed by atoms with Gasteiger partial charge in [0.2, 0.25) is 0 Å². The van der Waals surface area contributed by atoms with Gasteiger partial charge in [0.05, 0.1) is 16.4 Å². The maximum absolute atomic E-state index is 12.0. The second kappa shape index (κ2) is 4.79. The summed E-state index contributed by atoms with van der Waals surface area (Å²) < 4.78 is 48.2. The molecule has 0 spiro atoms. The standard InChI is InChI=1S/C11H11BrO4S2/c12-10-4-2-9(3-5-10)11-8-17(13,14)6-1-7-18(11,15)16/h2-5,8H,1,6-7H2. The molecule has 0 N–H and O–H groups in total. The maximum atomic E-state index is 12.0. The maximum Gasteiger partial charge on any atom is 0.179 e. The van der Waals surface area contributed by atoms with E-state index in [9.17, 15) is 16.8 Å². The van der Waals surface area contributed by atoms with E-state index in [1.807, 2.05) is 0 Å². The quantitative estimate of drug-likeness (QED) is 0.776. The van der Waals surface area contributed by atoms with Crippen molar-refractivity contribution < 1.29 is 16.8 Å². The van der Waals surface area contributed by atoms with E-state index in [0.717, 1.165) is 9.88 Å². The SMILES string of the molecule is O=S1(=O)C=C(c2ccc(Br)cc2)S(=O)(=O)CCC1. The predicted molar refractivity (Wildman–Crippen MR) is 74.3 cm³/mol. The van der Waals surface area contributed by atoms with Crippen LogP contribution in [0.2, 0.25) is 0 Å². The van der Waals surface area contributed by atoms with Gasteiger partial charge in [-0.2, -0.15) is 0 Å². The van der Waals surface area contributed by atoms with Crippen LogP contribution in [0.25, 0.3) is 4.91 Å². The molecular weight excluding hydrogens is 340 g/mol. The second-order valence-corrected chi connectivity index (χ2v) is 8.99. The van der Waals surface area contributed by atoms with Gasteiger partial charge in [0.1, 0.15) is 0 Å². The van der Waals surface area contributed by atoms with Crippen LogP contribution in [-0.4, -0.2) is 28.3 Å². The monoisotopic (exact) mass is 350 g/mol. The van der Waals surface area contributed by atoms with Crippen LogP contribution in [0.4, 0.5) is 0 Å². The molecule has 4 nitrogen and oxygen atoms in total. The molecule has 98 valence electrons. The number of halogens is 1. The molecule has 0 fully saturated rings. The van der Waals surface area contributed by atoms with Crippen molar-refractivity contribution in [2.45, 2.75) is 6.42 Å². The van der Waals surface area contributed by atoms with Crippen LogP contribution in [0.1, 0.15) is 12.0 Å². The van der Waals surface area contributed by atoms with Crippen LogP contribution in [0.5, 0.6) is 0 Å². The van der Waals surface area contributed by atoms with Gasteiger partial charge < -0.3 is 0 Å². The van der Waals surface area contributed by atoms with Gasteiger partial charge in [-0.3, -0.25) is 0 Å². The summed E-state index contributed by atoms with van der Waals surface area (Å²) in [5, 5.41) is 0.887. The van der Waals surface area contributed by atoms with E-state index in [1.165, 1.54) is 0 Å². The van der Waals surface area contributed by atoms with Crippen molar-refractivity contribution in [1.82, 2.24) is 0 Å². The smallest absolute Gasteiger partial charge is 0.179 e. The van der Waals surface area contributed by atoms with Crippen LogP contribution >= 0.6 is 15.9 Å². The largest absolute Gasteiger partial charge is 0.224 e. The van der Waals surface area contributed by atoms with E-state index in [2.05, 4.69) is 15.9 Å². The Morgan fingerprint density at radius 3 is 2.17 bits per heavy atom. The van der Waals surface area contributed by atoms with Crippen LogP contribution in [0.3, 0.4) is 0 Å². The van der Waals surface area contributed by atoms with Crippen LogP contribution < -0.4 is 0 Å². The van der Waals surface area contributed by atoms with E-state index in [4.69, 9.17) is 0 Å². The third-order valence-corrected chi connectivity index (χ3v) is 6.57. The van der Waals surface area contributed by atoms with Crippen molar-refractivity contribution in [1.29, 1.82) is 0 Å². The summed E-state index contributed by atoms with van der Waals surface area (Å²) in [5.74, 6) is -0.250. The Kier molecular flexibility index (Phi) is 3.66. The van der Waals surface area contributed by atoms with E-state index < -0.39 is 19.7 Å². The van der Waals surface area contributed by atoms with Crippen molar-refractivity contribution in [3.63, 3.8) is 0 Å². The minimum absolute atomic E-state index is 0.104. The molecule has 0 saturated heterocycles. The molecule has 18 heavy (non-hydrogen) atoms. The van der Waals surface area contributed by atoms with Crippen molar-refractivity contribution in [2.75, 3.05) is 11.5 Å². The second-order valence-electron chi connectivity index (χ2n) is 4.03. The molecule has 0 unspecified atom stereocenters. The van der Waals surface area contributed by atoms with Crippen LogP contribution in [-0.2, 0) is 19.7 Å². The number of hydrogen-bond acceptors (Lipinski definition) is 4. The lowest BCUT2D eigenvalue weighted by Crippen LogP contribution is -2.07. The fourth-order valence-corrected chi connectivity index (χ4v) is 5.56. The first-order valence-corrected chi connectivity index (χ1v) is 9.39. The zero-order chi connectivity index (χ0) is 13.4. The number of hydrogen-bond donors (Lipinski definition) is 0. The molecule has 0 radical (unpaired) electrons. The summed E-state index contributed by atoms with van der Waals surface area (Å²) in [7, 11) is -6.98. The average Bonchev–Trinajstić information content (AvgIpc) is 2.36. The molecule has 0 amide bonds. The van der Waals surface area contributed by atoms with Gasteiger partial charge in [0, 0.05) is 9.88 Å². The molecule has 1 aromatic rings. The topological polar surface area (TPSA) is 68.3 Å². The number of rotatable bonds is 1. The third kappa shape index (κ3) is 3.02. The Bertz CT molecular complexity index is 685. The van der Waals surface area contributed by atoms with E-state index >= 15 is 0 Å². The van der Waals surface area contributed by atoms with Crippen molar-refractivity contribution in [3.05, 3.63) is 39.7 Å². The Balaban J connectivity index is 2.63. The molecule has 0 saturated carbocycles. The third-order valence-electron chi connectivity index (χ3n) is 2.59. The van der Waals surface area contributed by atoms with Crippen molar-refractivity contribution >= 4 is 40.5 Å². The minimum atomic E-state index is -3.53. The first-order valence-electron chi connectivity index (χ1n) is 5.23. The number of benzene rings is 1. The van der Waals surface area contributed by atoms with Gasteiger partial charge in [-0.1, -0.05) is 28.1 Å². The summed E-state index contributed by atoms with van der Waals surface area (Å²) in [5.41, 5.74) is 0.406. The first kappa shape index (κ1) is 13.8. The molecule has 0 aliphatic carbocycles. The molecule has 1 aromatic carbocycles. The van der Waals surface area contributed by atoms with Gasteiger partial charge in [0.15, 0.2) is 19.7 Å². The molecule has 0 aromatic heterocycles. The normalized spacial score (nSPS) is 21.9. The summed E-state index contributed by atoms with van der Waals surface area (Å²) in [6.07, 6.45) is 0.140. The summed E-state index contributed by atoms with van der Waals surface area (Å²) in [6.45, 7) is 0. The van der Waals surface area contributed by atoms with Gasteiger partial charge in [-0.05, 0) is 24.1 Å². The Hall–Kier alpha value is -0.660. The van der Waals surface area contributed by atoms with Gasteiger partial charge in [-0.25, -0.2) is 16.8 Å². The minimum Gasteiger partial charge on any atom is -0.224 e. The first-order chi connectivity index (χ1) is 8.30. The van der Waals surface area contributed by atoms with Gasteiger partial charge in [-0.15, -0.1) is 0 Å². The average molecular weight is 351 g/mol. The number of sulfone groups is 2. The molecule has 7 heteroatoms. The zero-order valence-corrected chi connectivity index (χ0v) is 12.6. The lowest BCUT2D eigenvalue weighted by Gasteiger charge is -2.06. The highest BCUT2D eigenvalue weighted by atomic mass is 79.9. The highest BCUT2D eigenvalue weighted by molar-refractivity contribution is 9.10. The molecular formula is C11H11BrO4S2. The molecule has 1 aliphatic heterocycles. The highest BCUT2D eigenvalue weighted by Crippen LogP contribution is 2.27. The molecule has 1 aliphatic rings. The Labute approximate surface area is 115 Å². The molecule has 0 bridgehead atoms. The summed E-state index contributed by atoms with van der Waals surface area (Å²) in [6, 6.07) is 6.55. The zero-order valence-electron chi connectivity index (χ0n) is 9.34. The van der Waals surface area contributed by atoms with Gasteiger partial charge >= 0.3 is 0 Å². The molecule has 0 atom stereocenters. The van der Waals surface area contributed by atoms with Gasteiger partial charge in [0.25, 0.3) is 0 Å². The van der Waals surface area contributed by atoms with E-state index in [0.29, 0.717) is 5.56 Å². The Morgan fingerprint density at radius 1 is 0.944 bits per heavy atom. The van der Waals surface area contributed by atoms with Crippen LogP contribution in [0.15, 0.2) is 34.1 Å². The van der Waals surface area contributed by atoms with Crippen molar-refractivity contribution in [2.24, 2.45) is 0 Å². The summed E-state index contributed by atoms with van der Waals surface area (Å²) >= 11 is 3.25. The molecule has 1 heterocycles. The van der Waals surface area contributed by atoms with E-state index in [1.54, 1.807) is 24.3 Å². The fraction of sp³-hybridized carbons (Fsp3) is 0.273. The fourth-order valence-electron chi connectivity index (χ4n) is 1.72. The Morgan fingerprint density at radius 2 is 1.56 bits per heavy atom. The lowest BCUT2D eigenvalue weighted by atomic mass is 10.2. The predicted octanol–water partition coefficient (Wildman–Crippen LogP) is 1.98. The van der Waals surface area contributed by atoms with Crippen LogP contribution in [0, 0.1) is 0 Å². The molecule has 2 rings (SSSR count). The highest BCUT2D eigenvalue weighted by Gasteiger charge is 2.26. The van der Waals surface area contributed by atoms with E-state index in [-0.39, 0.29) is 22.8 Å². The van der Waals surface area contributed by atoms with Crippen molar-refractivity contribution in [3.8, 4) is 0 Å². The summed E-state index contributed by atoms with van der Waals surface area (Å²) in [4.78, 5) is -0.104.